The summed E-state index contributed by atoms with van der Waals surface area (Å²) in [5.74, 6) is -3.96. The van der Waals surface area contributed by atoms with Gasteiger partial charge in [-0.1, -0.05) is 6.07 Å². The van der Waals surface area contributed by atoms with Gasteiger partial charge >= 0.3 is 6.03 Å². The Morgan fingerprint density at radius 1 is 1.11 bits per heavy atom. The number of carbonyl (C=O) groups excluding carboxylic acids is 2. The van der Waals surface area contributed by atoms with Crippen LogP contribution in [-0.2, 0) is 10.3 Å². The lowest BCUT2D eigenvalue weighted by atomic mass is 9.81. The highest BCUT2D eigenvalue weighted by molar-refractivity contribution is 5.97. The van der Waals surface area contributed by atoms with Crippen LogP contribution in [0.5, 0.6) is 0 Å². The molecule has 2 aromatic rings. The number of likely N-dealkylation sites (tertiary alicyclic amines) is 1. The zero-order valence-corrected chi connectivity index (χ0v) is 20.7. The van der Waals surface area contributed by atoms with Gasteiger partial charge in [0.05, 0.1) is 17.2 Å². The molecule has 2 aliphatic heterocycles. The zero-order chi connectivity index (χ0) is 27.4. The van der Waals surface area contributed by atoms with E-state index in [1.165, 1.54) is 36.3 Å². The summed E-state index contributed by atoms with van der Waals surface area (Å²) in [5.41, 5.74) is -0.393. The first-order valence-electron chi connectivity index (χ1n) is 12.2. The second-order valence-electron chi connectivity index (χ2n) is 9.47. The number of piperidine rings is 1. The van der Waals surface area contributed by atoms with Gasteiger partial charge in [0.25, 0.3) is 11.4 Å². The first kappa shape index (κ1) is 27.1. The summed E-state index contributed by atoms with van der Waals surface area (Å²) < 4.78 is 54.9. The second kappa shape index (κ2) is 11.2. The molecule has 2 aliphatic rings. The van der Waals surface area contributed by atoms with E-state index in [1.807, 2.05) is 0 Å². The summed E-state index contributed by atoms with van der Waals surface area (Å²) in [6.45, 7) is 9.70. The van der Waals surface area contributed by atoms with Crippen LogP contribution in [-0.4, -0.2) is 55.0 Å². The summed E-state index contributed by atoms with van der Waals surface area (Å²) in [6, 6.07) is 5.10. The van der Waals surface area contributed by atoms with Gasteiger partial charge in [-0.25, -0.2) is 28.9 Å². The molecule has 1 unspecified atom stereocenters. The summed E-state index contributed by atoms with van der Waals surface area (Å²) in [4.78, 5) is 32.1. The Kier molecular flexibility index (Phi) is 8.02. The van der Waals surface area contributed by atoms with Crippen molar-refractivity contribution in [2.75, 3.05) is 33.2 Å². The van der Waals surface area contributed by atoms with Gasteiger partial charge in [-0.15, -0.1) is 0 Å². The molecule has 0 aliphatic carbocycles. The van der Waals surface area contributed by atoms with Gasteiger partial charge in [0.1, 0.15) is 11.6 Å². The van der Waals surface area contributed by atoms with E-state index < -0.39 is 46.8 Å². The summed E-state index contributed by atoms with van der Waals surface area (Å²) in [7, 11) is 1.47. The Morgan fingerprint density at radius 2 is 1.84 bits per heavy atom. The molecule has 7 nitrogen and oxygen atoms in total. The van der Waals surface area contributed by atoms with Crippen LogP contribution in [0.25, 0.3) is 4.85 Å². The maximum atomic E-state index is 14.4. The number of hydrogen-bond acceptors (Lipinski definition) is 3. The molecular weight excluding hydrogens is 502 g/mol. The molecule has 38 heavy (non-hydrogen) atoms. The lowest BCUT2D eigenvalue weighted by Gasteiger charge is -2.34. The number of rotatable bonds is 7. The number of urea groups is 1. The predicted octanol–water partition coefficient (Wildman–Crippen LogP) is 4.24. The topological polar surface area (TPSA) is 69.0 Å². The third-order valence-corrected chi connectivity index (χ3v) is 7.04. The van der Waals surface area contributed by atoms with Crippen molar-refractivity contribution < 1.29 is 27.2 Å². The van der Waals surface area contributed by atoms with Crippen molar-refractivity contribution in [1.29, 1.82) is 0 Å². The molecule has 0 bridgehead atoms. The Balaban J connectivity index is 1.31. The van der Waals surface area contributed by atoms with Crippen LogP contribution in [0.4, 0.5) is 22.4 Å². The summed E-state index contributed by atoms with van der Waals surface area (Å²) >= 11 is 0. The molecular formula is C27H27F4N5O2. The number of halogens is 4. The van der Waals surface area contributed by atoms with E-state index in [2.05, 4.69) is 20.4 Å². The summed E-state index contributed by atoms with van der Waals surface area (Å²) in [6.07, 6.45) is 2.76. The minimum absolute atomic E-state index is 0.180. The molecule has 11 heteroatoms. The lowest BCUT2D eigenvalue weighted by Crippen LogP contribution is -2.46. The Bertz CT molecular complexity index is 1300. The quantitative estimate of drug-likeness (QED) is 0.320. The number of amides is 3. The molecule has 1 fully saturated rings. The molecule has 4 rings (SSSR count). The monoisotopic (exact) mass is 529 g/mol. The van der Waals surface area contributed by atoms with E-state index in [4.69, 9.17) is 6.57 Å². The van der Waals surface area contributed by atoms with Gasteiger partial charge in [0, 0.05) is 51.8 Å². The van der Waals surface area contributed by atoms with Crippen molar-refractivity contribution in [3.8, 4) is 0 Å². The van der Waals surface area contributed by atoms with Crippen LogP contribution in [0.3, 0.4) is 0 Å². The predicted molar refractivity (Wildman–Crippen MR) is 131 cm³/mol. The Morgan fingerprint density at radius 3 is 2.50 bits per heavy atom. The van der Waals surface area contributed by atoms with Crippen molar-refractivity contribution in [2.45, 2.75) is 30.8 Å². The fourth-order valence-corrected chi connectivity index (χ4v) is 4.85. The highest BCUT2D eigenvalue weighted by Gasteiger charge is 2.44. The van der Waals surface area contributed by atoms with E-state index in [9.17, 15) is 27.2 Å². The molecule has 0 radical (unpaired) electrons. The highest BCUT2D eigenvalue weighted by Crippen LogP contribution is 2.38. The van der Waals surface area contributed by atoms with Crippen molar-refractivity contribution in [2.24, 2.45) is 0 Å². The fraction of sp³-hybridized carbons (Fsp3) is 0.370. The van der Waals surface area contributed by atoms with E-state index >= 15 is 0 Å². The van der Waals surface area contributed by atoms with E-state index in [-0.39, 0.29) is 16.7 Å². The van der Waals surface area contributed by atoms with Crippen LogP contribution in [0, 0.1) is 29.8 Å². The molecule has 0 aromatic heterocycles. The SMILES string of the molecule is [C-]#[N+]C1(c2ccc(F)cc2F)CCN(CCCNC(=O)C2=CN(C)C(=O)NC2c2ccc(F)c(F)c2)CC1. The van der Waals surface area contributed by atoms with Gasteiger partial charge < -0.3 is 25.3 Å². The third-order valence-electron chi connectivity index (χ3n) is 7.04. The van der Waals surface area contributed by atoms with E-state index in [1.54, 1.807) is 0 Å². The van der Waals surface area contributed by atoms with E-state index in [0.29, 0.717) is 45.4 Å². The van der Waals surface area contributed by atoms with Crippen molar-refractivity contribution >= 4 is 11.9 Å². The normalized spacial score (nSPS) is 19.4. The van der Waals surface area contributed by atoms with E-state index in [0.717, 1.165) is 18.2 Å². The molecule has 2 N–H and O–H groups in total. The zero-order valence-electron chi connectivity index (χ0n) is 20.7. The standard InChI is InChI=1S/C27H27F4N5O2/c1-32-27(20-6-5-18(28)15-22(20)30)8-12-36(13-9-27)11-3-10-33-25(37)19-16-35(2)26(38)34-24(19)17-4-7-21(29)23(31)14-17/h4-7,14-16,24H,3,8-13H2,2H3,(H,33,37)(H,34,38). The molecule has 2 aromatic carbocycles. The molecule has 0 spiro atoms. The number of benzene rings is 2. The molecule has 2 heterocycles. The Hall–Kier alpha value is -3.91. The minimum Gasteiger partial charge on any atom is -0.352 e. The lowest BCUT2D eigenvalue weighted by molar-refractivity contribution is -0.118. The van der Waals surface area contributed by atoms with Gasteiger partial charge in [0.2, 0.25) is 0 Å². The average Bonchev–Trinajstić information content (AvgIpc) is 2.90. The molecule has 0 saturated carbocycles. The van der Waals surface area contributed by atoms with Crippen molar-refractivity contribution in [3.63, 3.8) is 0 Å². The van der Waals surface area contributed by atoms with Crippen LogP contribution in [0.15, 0.2) is 48.2 Å². The van der Waals surface area contributed by atoms with Crippen LogP contribution >= 0.6 is 0 Å². The van der Waals surface area contributed by atoms with Gasteiger partial charge in [-0.2, -0.15) is 0 Å². The second-order valence-corrected chi connectivity index (χ2v) is 9.47. The van der Waals surface area contributed by atoms with Crippen LogP contribution < -0.4 is 10.6 Å². The smallest absolute Gasteiger partial charge is 0.321 e. The van der Waals surface area contributed by atoms with Gasteiger partial charge in [0.15, 0.2) is 11.6 Å². The number of nitrogens with zero attached hydrogens (tertiary/aromatic N) is 3. The minimum atomic E-state index is -1.08. The highest BCUT2D eigenvalue weighted by atomic mass is 19.2. The first-order valence-corrected chi connectivity index (χ1v) is 12.2. The molecule has 1 saturated heterocycles. The molecule has 1 atom stereocenters. The van der Waals surface area contributed by atoms with Crippen molar-refractivity contribution in [1.82, 2.24) is 20.4 Å². The van der Waals surface area contributed by atoms with Gasteiger partial charge in [-0.05, 0) is 42.8 Å². The molecule has 3 amide bonds. The first-order chi connectivity index (χ1) is 18.1. The maximum absolute atomic E-state index is 14.4. The number of hydrogen-bond donors (Lipinski definition) is 2. The summed E-state index contributed by atoms with van der Waals surface area (Å²) in [5, 5.41) is 5.43. The maximum Gasteiger partial charge on any atom is 0.321 e. The fourth-order valence-electron chi connectivity index (χ4n) is 4.85. The third kappa shape index (κ3) is 5.65. The Labute approximate surface area is 217 Å². The molecule has 200 valence electrons. The van der Waals surface area contributed by atoms with Crippen LogP contribution in [0.1, 0.15) is 36.4 Å². The number of nitrogens with one attached hydrogen (secondary N) is 2. The largest absolute Gasteiger partial charge is 0.352 e. The van der Waals surface area contributed by atoms with Gasteiger partial charge in [-0.3, -0.25) is 4.79 Å². The van der Waals surface area contributed by atoms with Crippen molar-refractivity contribution in [3.05, 3.63) is 94.0 Å². The average molecular weight is 530 g/mol. The number of carbonyl (C=O) groups is 2. The van der Waals surface area contributed by atoms with Crippen LogP contribution in [0.2, 0.25) is 0 Å².